The van der Waals surface area contributed by atoms with Crippen molar-refractivity contribution in [2.24, 2.45) is 11.8 Å². The third kappa shape index (κ3) is 6.01. The number of nitrogens with zero attached hydrogens (tertiary/aromatic N) is 1. The number of halogens is 1. The molecule has 1 saturated carbocycles. The molecule has 2 aromatic rings. The van der Waals surface area contributed by atoms with Gasteiger partial charge in [0.2, 0.25) is 0 Å². The molecule has 1 N–H and O–H groups in total. The minimum Gasteiger partial charge on any atom is -0.489 e. The average Bonchev–Trinajstić information content (AvgIpc) is 2.78. The van der Waals surface area contributed by atoms with Gasteiger partial charge in [0.15, 0.2) is 22.5 Å². The Balaban J connectivity index is 0.00000272. The summed E-state index contributed by atoms with van der Waals surface area (Å²) >= 11 is 0. The van der Waals surface area contributed by atoms with Crippen LogP contribution in [-0.2, 0) is 0 Å². The largest absolute Gasteiger partial charge is 0.489 e. The highest BCUT2D eigenvalue weighted by molar-refractivity contribution is 5.93. The Labute approximate surface area is 189 Å². The molecule has 2 heterocycles. The predicted octanol–water partition coefficient (Wildman–Crippen LogP) is 4.25. The molecule has 1 aromatic heterocycles. The lowest BCUT2D eigenvalue weighted by atomic mass is 9.89. The molecule has 2 aliphatic rings. The maximum atomic E-state index is 12.6. The highest BCUT2D eigenvalue weighted by Crippen LogP contribution is 2.27. The number of carbonyl (C=O) groups is 1. The number of nitrogens with one attached hydrogen (secondary N) is 1. The average molecular weight is 449 g/mol. The second kappa shape index (κ2) is 11.0. The van der Waals surface area contributed by atoms with E-state index in [9.17, 15) is 9.59 Å². The van der Waals surface area contributed by atoms with Crippen molar-refractivity contribution in [2.75, 3.05) is 33.3 Å². The molecule has 0 radical (unpaired) electrons. The number of amides is 1. The monoisotopic (exact) mass is 448 g/mol. The molecule has 1 saturated heterocycles. The summed E-state index contributed by atoms with van der Waals surface area (Å²) in [5.74, 6) is 1.27. The number of hydrogen-bond acceptors (Lipinski definition) is 5. The Hall–Kier alpha value is -2.05. The molecule has 0 bridgehead atoms. The van der Waals surface area contributed by atoms with E-state index < -0.39 is 0 Å². The summed E-state index contributed by atoms with van der Waals surface area (Å²) in [6.07, 6.45) is 8.23. The molecule has 1 aliphatic heterocycles. The van der Waals surface area contributed by atoms with Gasteiger partial charge in [-0.25, -0.2) is 0 Å². The van der Waals surface area contributed by atoms with Crippen LogP contribution in [0.4, 0.5) is 0 Å². The molecule has 1 amide bonds. The van der Waals surface area contributed by atoms with Crippen LogP contribution < -0.4 is 15.5 Å². The molecule has 1 aliphatic carbocycles. The summed E-state index contributed by atoms with van der Waals surface area (Å²) in [4.78, 5) is 27.6. The SMILES string of the molecule is CN1CCC(COc2cccc3c(=O)cc(C(=O)NCC4CCCCC4)oc23)CC1.Cl. The van der Waals surface area contributed by atoms with E-state index in [0.717, 1.165) is 38.8 Å². The first-order chi connectivity index (χ1) is 14.6. The van der Waals surface area contributed by atoms with E-state index in [2.05, 4.69) is 17.3 Å². The fourth-order valence-electron chi connectivity index (χ4n) is 4.53. The lowest BCUT2D eigenvalue weighted by molar-refractivity contribution is 0.0916. The zero-order valence-electron chi connectivity index (χ0n) is 18.2. The van der Waals surface area contributed by atoms with Crippen molar-refractivity contribution in [3.8, 4) is 5.75 Å². The normalized spacial score (nSPS) is 18.5. The third-order valence-electron chi connectivity index (χ3n) is 6.53. The van der Waals surface area contributed by atoms with Gasteiger partial charge < -0.3 is 19.4 Å². The number of likely N-dealkylation sites (tertiary alicyclic amines) is 1. The molecule has 0 atom stereocenters. The van der Waals surface area contributed by atoms with Gasteiger partial charge in [-0.1, -0.05) is 25.3 Å². The molecule has 6 nitrogen and oxygen atoms in total. The van der Waals surface area contributed by atoms with Crippen LogP contribution in [-0.4, -0.2) is 44.1 Å². The first kappa shape index (κ1) is 23.6. The molecule has 0 unspecified atom stereocenters. The number of carbonyl (C=O) groups excluding carboxylic acids is 1. The smallest absolute Gasteiger partial charge is 0.287 e. The standard InChI is InChI=1S/C24H32N2O4.ClH/c1-26-12-10-18(11-13-26)16-29-21-9-5-8-19-20(27)14-22(30-23(19)21)24(28)25-15-17-6-3-2-4-7-17;/h5,8-9,14,17-18H,2-4,6-7,10-13,15-16H2,1H3,(H,25,28);1H. The molecule has 31 heavy (non-hydrogen) atoms. The molecule has 170 valence electrons. The maximum absolute atomic E-state index is 12.6. The second-order valence-electron chi connectivity index (χ2n) is 8.88. The lowest BCUT2D eigenvalue weighted by Gasteiger charge is -2.28. The van der Waals surface area contributed by atoms with Crippen LogP contribution in [0.2, 0.25) is 0 Å². The second-order valence-corrected chi connectivity index (χ2v) is 8.88. The number of fused-ring (bicyclic) bond motifs is 1. The molecular formula is C24H33ClN2O4. The molecule has 4 rings (SSSR count). The van der Waals surface area contributed by atoms with Crippen LogP contribution in [0, 0.1) is 11.8 Å². The van der Waals surface area contributed by atoms with E-state index in [1.807, 2.05) is 6.07 Å². The van der Waals surface area contributed by atoms with Crippen LogP contribution in [0.25, 0.3) is 11.0 Å². The number of piperidine rings is 1. The van der Waals surface area contributed by atoms with Gasteiger partial charge in [0, 0.05) is 12.6 Å². The number of para-hydroxylation sites is 1. The van der Waals surface area contributed by atoms with E-state index in [0.29, 0.717) is 41.7 Å². The van der Waals surface area contributed by atoms with Gasteiger partial charge in [0.05, 0.1) is 12.0 Å². The quantitative estimate of drug-likeness (QED) is 0.715. The number of ether oxygens (including phenoxy) is 1. The highest BCUT2D eigenvalue weighted by atomic mass is 35.5. The Kier molecular flexibility index (Phi) is 8.38. The molecule has 1 aromatic carbocycles. The highest BCUT2D eigenvalue weighted by Gasteiger charge is 2.20. The Morgan fingerprint density at radius 3 is 2.61 bits per heavy atom. The minimum atomic E-state index is -0.329. The van der Waals surface area contributed by atoms with E-state index >= 15 is 0 Å². The van der Waals surface area contributed by atoms with E-state index in [4.69, 9.17) is 9.15 Å². The van der Waals surface area contributed by atoms with Crippen molar-refractivity contribution >= 4 is 29.3 Å². The van der Waals surface area contributed by atoms with Gasteiger partial charge in [-0.2, -0.15) is 0 Å². The van der Waals surface area contributed by atoms with Gasteiger partial charge in [-0.05, 0) is 69.8 Å². The van der Waals surface area contributed by atoms with Crippen LogP contribution in [0.3, 0.4) is 0 Å². The summed E-state index contributed by atoms with van der Waals surface area (Å²) in [5.41, 5.74) is 0.143. The van der Waals surface area contributed by atoms with Crippen LogP contribution in [0.1, 0.15) is 55.5 Å². The van der Waals surface area contributed by atoms with Crippen LogP contribution >= 0.6 is 12.4 Å². The van der Waals surface area contributed by atoms with Crippen molar-refractivity contribution in [1.82, 2.24) is 10.2 Å². The van der Waals surface area contributed by atoms with Crippen molar-refractivity contribution in [3.05, 3.63) is 40.2 Å². The summed E-state index contributed by atoms with van der Waals surface area (Å²) < 4.78 is 11.9. The van der Waals surface area contributed by atoms with E-state index in [1.165, 1.54) is 25.3 Å². The zero-order chi connectivity index (χ0) is 20.9. The number of benzene rings is 1. The Morgan fingerprint density at radius 2 is 1.87 bits per heavy atom. The minimum absolute atomic E-state index is 0. The first-order valence-electron chi connectivity index (χ1n) is 11.3. The van der Waals surface area contributed by atoms with Gasteiger partial charge in [-0.3, -0.25) is 9.59 Å². The zero-order valence-corrected chi connectivity index (χ0v) is 19.0. The number of hydrogen-bond donors (Lipinski definition) is 1. The topological polar surface area (TPSA) is 71.8 Å². The van der Waals surface area contributed by atoms with Crippen molar-refractivity contribution in [1.29, 1.82) is 0 Å². The lowest BCUT2D eigenvalue weighted by Crippen LogP contribution is -2.32. The first-order valence-corrected chi connectivity index (χ1v) is 11.3. The maximum Gasteiger partial charge on any atom is 0.287 e. The summed E-state index contributed by atoms with van der Waals surface area (Å²) in [6, 6.07) is 6.61. The van der Waals surface area contributed by atoms with Crippen molar-refractivity contribution in [2.45, 2.75) is 44.9 Å². The molecule has 0 spiro atoms. The van der Waals surface area contributed by atoms with Crippen molar-refractivity contribution in [3.63, 3.8) is 0 Å². The van der Waals surface area contributed by atoms with Crippen LogP contribution in [0.5, 0.6) is 5.75 Å². The molecular weight excluding hydrogens is 416 g/mol. The van der Waals surface area contributed by atoms with Gasteiger partial charge in [0.1, 0.15) is 0 Å². The Bertz CT molecular complexity index is 931. The summed E-state index contributed by atoms with van der Waals surface area (Å²) in [7, 11) is 2.14. The number of rotatable bonds is 6. The molecule has 2 fully saturated rings. The van der Waals surface area contributed by atoms with E-state index in [-0.39, 0.29) is 29.5 Å². The van der Waals surface area contributed by atoms with Crippen LogP contribution in [0.15, 0.2) is 33.5 Å². The third-order valence-corrected chi connectivity index (χ3v) is 6.53. The van der Waals surface area contributed by atoms with Crippen molar-refractivity contribution < 1.29 is 13.9 Å². The fraction of sp³-hybridized carbons (Fsp3) is 0.583. The Morgan fingerprint density at radius 1 is 1.13 bits per heavy atom. The van der Waals surface area contributed by atoms with Gasteiger partial charge in [-0.15, -0.1) is 12.4 Å². The van der Waals surface area contributed by atoms with Gasteiger partial charge in [0.25, 0.3) is 5.91 Å². The summed E-state index contributed by atoms with van der Waals surface area (Å²) in [5, 5.41) is 3.40. The fourth-order valence-corrected chi connectivity index (χ4v) is 4.53. The summed E-state index contributed by atoms with van der Waals surface area (Å²) in [6.45, 7) is 3.37. The van der Waals surface area contributed by atoms with Gasteiger partial charge >= 0.3 is 0 Å². The van der Waals surface area contributed by atoms with E-state index in [1.54, 1.807) is 12.1 Å². The predicted molar refractivity (Wildman–Crippen MR) is 124 cm³/mol. The molecule has 7 heteroatoms.